The Hall–Kier alpha value is -1.18. The summed E-state index contributed by atoms with van der Waals surface area (Å²) in [6, 6.07) is 5.75. The topological polar surface area (TPSA) is 32.3 Å². The third-order valence-corrected chi connectivity index (χ3v) is 3.77. The van der Waals surface area contributed by atoms with Gasteiger partial charge in [-0.1, -0.05) is 25.7 Å². The first-order valence-electron chi connectivity index (χ1n) is 6.79. The number of hydrogen-bond donors (Lipinski definition) is 2. The number of phenols is 1. The molecule has 1 aromatic rings. The Balaban J connectivity index is 1.85. The van der Waals surface area contributed by atoms with Crippen LogP contribution >= 0.6 is 0 Å². The third kappa shape index (κ3) is 3.65. The predicted molar refractivity (Wildman–Crippen MR) is 72.5 cm³/mol. The first-order valence-corrected chi connectivity index (χ1v) is 6.79. The van der Waals surface area contributed by atoms with E-state index in [0.717, 1.165) is 23.7 Å². The minimum absolute atomic E-state index is 0.380. The average Bonchev–Trinajstić information content (AvgIpc) is 2.59. The molecule has 2 heteroatoms. The summed E-state index contributed by atoms with van der Waals surface area (Å²) in [5.41, 5.74) is 2.07. The molecule has 1 fully saturated rings. The van der Waals surface area contributed by atoms with Crippen LogP contribution in [0, 0.1) is 12.8 Å². The highest BCUT2D eigenvalue weighted by molar-refractivity contribution is 5.50. The number of anilines is 1. The Bertz CT molecular complexity index is 354. The predicted octanol–water partition coefficient (Wildman–Crippen LogP) is 4.08. The molecule has 0 unspecified atom stereocenters. The Morgan fingerprint density at radius 1 is 1.18 bits per heavy atom. The molecule has 1 aromatic carbocycles. The van der Waals surface area contributed by atoms with Gasteiger partial charge in [-0.05, 0) is 49.4 Å². The highest BCUT2D eigenvalue weighted by atomic mass is 16.3. The van der Waals surface area contributed by atoms with Crippen LogP contribution in [0.25, 0.3) is 0 Å². The van der Waals surface area contributed by atoms with Crippen molar-refractivity contribution in [3.63, 3.8) is 0 Å². The second-order valence-electron chi connectivity index (χ2n) is 5.24. The van der Waals surface area contributed by atoms with Crippen LogP contribution in [-0.2, 0) is 0 Å². The standard InChI is InChI=1S/C15H23NO/c1-12-10-14(8-9-15(12)17)16-11-13-6-4-2-3-5-7-13/h8-10,13,16-17H,2-7,11H2,1H3. The van der Waals surface area contributed by atoms with E-state index in [0.29, 0.717) is 5.75 Å². The van der Waals surface area contributed by atoms with E-state index in [1.807, 2.05) is 19.1 Å². The number of rotatable bonds is 3. The Morgan fingerprint density at radius 3 is 2.53 bits per heavy atom. The second-order valence-corrected chi connectivity index (χ2v) is 5.24. The van der Waals surface area contributed by atoms with E-state index in [1.54, 1.807) is 6.07 Å². The normalized spacial score (nSPS) is 17.7. The lowest BCUT2D eigenvalue weighted by atomic mass is 10.0. The minimum atomic E-state index is 0.380. The SMILES string of the molecule is Cc1cc(NCC2CCCCCC2)ccc1O. The van der Waals surface area contributed by atoms with Crippen molar-refractivity contribution in [2.75, 3.05) is 11.9 Å². The number of benzene rings is 1. The van der Waals surface area contributed by atoms with Gasteiger partial charge in [0.05, 0.1) is 0 Å². The summed E-state index contributed by atoms with van der Waals surface area (Å²) in [5, 5.41) is 13.0. The van der Waals surface area contributed by atoms with Crippen molar-refractivity contribution in [3.05, 3.63) is 23.8 Å². The lowest BCUT2D eigenvalue weighted by Gasteiger charge is -2.16. The summed E-state index contributed by atoms with van der Waals surface area (Å²) in [6.07, 6.45) is 8.33. The van der Waals surface area contributed by atoms with Gasteiger partial charge in [0, 0.05) is 12.2 Å². The van der Waals surface area contributed by atoms with E-state index < -0.39 is 0 Å². The average molecular weight is 233 g/mol. The molecule has 0 atom stereocenters. The Kier molecular flexibility index (Phi) is 4.29. The summed E-state index contributed by atoms with van der Waals surface area (Å²) in [6.45, 7) is 3.01. The zero-order valence-electron chi connectivity index (χ0n) is 10.7. The van der Waals surface area contributed by atoms with Crippen LogP contribution in [0.4, 0.5) is 5.69 Å². The fourth-order valence-electron chi connectivity index (χ4n) is 2.60. The number of phenolic OH excluding ortho intramolecular Hbond substituents is 1. The molecule has 0 radical (unpaired) electrons. The zero-order chi connectivity index (χ0) is 12.1. The van der Waals surface area contributed by atoms with E-state index in [9.17, 15) is 5.11 Å². The van der Waals surface area contributed by atoms with Crippen LogP contribution in [0.5, 0.6) is 5.75 Å². The number of nitrogens with one attached hydrogen (secondary N) is 1. The van der Waals surface area contributed by atoms with Crippen LogP contribution < -0.4 is 5.32 Å². The summed E-state index contributed by atoms with van der Waals surface area (Å²) < 4.78 is 0. The van der Waals surface area contributed by atoms with Gasteiger partial charge in [0.1, 0.15) is 5.75 Å². The van der Waals surface area contributed by atoms with Crippen molar-refractivity contribution in [1.82, 2.24) is 0 Å². The van der Waals surface area contributed by atoms with Crippen LogP contribution in [0.3, 0.4) is 0 Å². The van der Waals surface area contributed by atoms with Crippen molar-refractivity contribution in [2.45, 2.75) is 45.4 Å². The van der Waals surface area contributed by atoms with Crippen molar-refractivity contribution in [2.24, 2.45) is 5.92 Å². The lowest BCUT2D eigenvalue weighted by Crippen LogP contribution is -2.13. The van der Waals surface area contributed by atoms with E-state index >= 15 is 0 Å². The molecule has 0 aliphatic heterocycles. The summed E-state index contributed by atoms with van der Waals surface area (Å²) in [7, 11) is 0. The van der Waals surface area contributed by atoms with Crippen LogP contribution in [0.2, 0.25) is 0 Å². The van der Waals surface area contributed by atoms with Gasteiger partial charge in [-0.2, -0.15) is 0 Å². The molecule has 2 rings (SSSR count). The second kappa shape index (κ2) is 5.95. The van der Waals surface area contributed by atoms with Gasteiger partial charge >= 0.3 is 0 Å². The van der Waals surface area contributed by atoms with Crippen molar-refractivity contribution >= 4 is 5.69 Å². The molecule has 1 aliphatic rings. The van der Waals surface area contributed by atoms with E-state index in [-0.39, 0.29) is 0 Å². The number of hydrogen-bond acceptors (Lipinski definition) is 2. The lowest BCUT2D eigenvalue weighted by molar-refractivity contribution is 0.471. The minimum Gasteiger partial charge on any atom is -0.508 e. The van der Waals surface area contributed by atoms with Crippen LogP contribution in [0.1, 0.15) is 44.1 Å². The maximum absolute atomic E-state index is 9.47. The van der Waals surface area contributed by atoms with Gasteiger partial charge in [0.2, 0.25) is 0 Å². The van der Waals surface area contributed by atoms with Gasteiger partial charge in [-0.3, -0.25) is 0 Å². The molecule has 94 valence electrons. The largest absolute Gasteiger partial charge is 0.508 e. The van der Waals surface area contributed by atoms with E-state index in [2.05, 4.69) is 5.32 Å². The summed E-state index contributed by atoms with van der Waals surface area (Å²) in [4.78, 5) is 0. The van der Waals surface area contributed by atoms with Crippen molar-refractivity contribution in [1.29, 1.82) is 0 Å². The molecule has 2 nitrogen and oxygen atoms in total. The molecule has 0 bridgehead atoms. The molecule has 0 saturated heterocycles. The Labute approximate surface area is 104 Å². The molecule has 1 aliphatic carbocycles. The summed E-state index contributed by atoms with van der Waals surface area (Å²) in [5.74, 6) is 1.21. The molecule has 17 heavy (non-hydrogen) atoms. The molecule has 0 spiro atoms. The van der Waals surface area contributed by atoms with Gasteiger partial charge in [-0.15, -0.1) is 0 Å². The zero-order valence-corrected chi connectivity index (χ0v) is 10.7. The maximum Gasteiger partial charge on any atom is 0.118 e. The van der Waals surface area contributed by atoms with E-state index in [1.165, 1.54) is 38.5 Å². The first-order chi connectivity index (χ1) is 8.25. The monoisotopic (exact) mass is 233 g/mol. The molecule has 1 saturated carbocycles. The van der Waals surface area contributed by atoms with Crippen LogP contribution in [0.15, 0.2) is 18.2 Å². The van der Waals surface area contributed by atoms with Gasteiger partial charge in [0.15, 0.2) is 0 Å². The maximum atomic E-state index is 9.47. The number of aromatic hydroxyl groups is 1. The molecule has 0 heterocycles. The van der Waals surface area contributed by atoms with Gasteiger partial charge < -0.3 is 10.4 Å². The van der Waals surface area contributed by atoms with Gasteiger partial charge in [-0.25, -0.2) is 0 Å². The van der Waals surface area contributed by atoms with Crippen molar-refractivity contribution in [3.8, 4) is 5.75 Å². The highest BCUT2D eigenvalue weighted by Gasteiger charge is 2.11. The third-order valence-electron chi connectivity index (χ3n) is 3.77. The summed E-state index contributed by atoms with van der Waals surface area (Å²) >= 11 is 0. The van der Waals surface area contributed by atoms with Crippen LogP contribution in [-0.4, -0.2) is 11.7 Å². The first kappa shape index (κ1) is 12.3. The highest BCUT2D eigenvalue weighted by Crippen LogP contribution is 2.24. The molecule has 0 aromatic heterocycles. The Morgan fingerprint density at radius 2 is 1.88 bits per heavy atom. The van der Waals surface area contributed by atoms with Crippen molar-refractivity contribution < 1.29 is 5.11 Å². The van der Waals surface area contributed by atoms with Gasteiger partial charge in [0.25, 0.3) is 0 Å². The molecule has 2 N–H and O–H groups in total. The molecular weight excluding hydrogens is 210 g/mol. The van der Waals surface area contributed by atoms with E-state index in [4.69, 9.17) is 0 Å². The molecule has 0 amide bonds. The fraction of sp³-hybridized carbons (Fsp3) is 0.600. The molecular formula is C15H23NO. The quantitative estimate of drug-likeness (QED) is 0.609. The number of aryl methyl sites for hydroxylation is 1. The fourth-order valence-corrected chi connectivity index (χ4v) is 2.60. The smallest absolute Gasteiger partial charge is 0.118 e.